The average Bonchev–Trinajstić information content (AvgIpc) is 2.30. The molecule has 1 saturated heterocycles. The minimum Gasteiger partial charge on any atom is -0.314 e. The molecule has 1 heterocycles. The molecule has 0 bridgehead atoms. The SMILES string of the molecule is Cc1cc(F)c(CCC2CCC(C)NC2)c(F)c1. The molecular formula is C15H21F2N. The van der Waals surface area contributed by atoms with Gasteiger partial charge in [0.2, 0.25) is 0 Å². The molecule has 2 atom stereocenters. The van der Waals surface area contributed by atoms with Crippen LogP contribution in [0.15, 0.2) is 12.1 Å². The van der Waals surface area contributed by atoms with Crippen LogP contribution in [-0.4, -0.2) is 12.6 Å². The van der Waals surface area contributed by atoms with Gasteiger partial charge in [-0.15, -0.1) is 0 Å². The number of halogens is 2. The van der Waals surface area contributed by atoms with E-state index in [0.29, 0.717) is 23.9 Å². The summed E-state index contributed by atoms with van der Waals surface area (Å²) in [6.07, 6.45) is 3.67. The molecule has 3 heteroatoms. The van der Waals surface area contributed by atoms with Gasteiger partial charge < -0.3 is 5.32 Å². The minimum atomic E-state index is -0.398. The second-order valence-corrected chi connectivity index (χ2v) is 5.50. The molecule has 18 heavy (non-hydrogen) atoms. The standard InChI is InChI=1S/C15H21F2N/c1-10-7-14(16)13(15(17)8-10)6-5-12-4-3-11(2)18-9-12/h7-8,11-12,18H,3-6,9H2,1-2H3. The van der Waals surface area contributed by atoms with Crippen molar-refractivity contribution in [2.45, 2.75) is 45.6 Å². The summed E-state index contributed by atoms with van der Waals surface area (Å²) in [5, 5.41) is 3.42. The highest BCUT2D eigenvalue weighted by Gasteiger charge is 2.19. The zero-order valence-corrected chi connectivity index (χ0v) is 11.1. The van der Waals surface area contributed by atoms with E-state index in [1.54, 1.807) is 6.92 Å². The molecule has 1 nitrogen and oxygen atoms in total. The van der Waals surface area contributed by atoms with E-state index in [9.17, 15) is 8.78 Å². The van der Waals surface area contributed by atoms with E-state index >= 15 is 0 Å². The molecule has 0 amide bonds. The number of aryl methyl sites for hydroxylation is 1. The molecular weight excluding hydrogens is 232 g/mol. The topological polar surface area (TPSA) is 12.0 Å². The summed E-state index contributed by atoms with van der Waals surface area (Å²) in [7, 11) is 0. The first-order chi connectivity index (χ1) is 8.56. The van der Waals surface area contributed by atoms with Crippen LogP contribution < -0.4 is 5.32 Å². The van der Waals surface area contributed by atoms with Gasteiger partial charge in [0.25, 0.3) is 0 Å². The minimum absolute atomic E-state index is 0.249. The smallest absolute Gasteiger partial charge is 0.129 e. The van der Waals surface area contributed by atoms with Gasteiger partial charge >= 0.3 is 0 Å². The number of hydrogen-bond acceptors (Lipinski definition) is 1. The van der Waals surface area contributed by atoms with Crippen LogP contribution in [0.4, 0.5) is 8.78 Å². The van der Waals surface area contributed by atoms with Crippen LogP contribution in [0.5, 0.6) is 0 Å². The first-order valence-corrected chi connectivity index (χ1v) is 6.74. The number of hydrogen-bond donors (Lipinski definition) is 1. The third-order valence-corrected chi connectivity index (χ3v) is 3.85. The van der Waals surface area contributed by atoms with E-state index in [1.165, 1.54) is 12.1 Å². The molecule has 1 N–H and O–H groups in total. The monoisotopic (exact) mass is 253 g/mol. The molecule has 100 valence electrons. The molecule has 1 aliphatic rings. The van der Waals surface area contributed by atoms with Crippen LogP contribution in [0.3, 0.4) is 0 Å². The van der Waals surface area contributed by atoms with Gasteiger partial charge in [-0.05, 0) is 69.7 Å². The van der Waals surface area contributed by atoms with E-state index in [0.717, 1.165) is 25.8 Å². The number of rotatable bonds is 3. The Bertz CT molecular complexity index is 386. The van der Waals surface area contributed by atoms with Crippen LogP contribution in [0.2, 0.25) is 0 Å². The zero-order chi connectivity index (χ0) is 13.1. The predicted molar refractivity (Wildman–Crippen MR) is 69.6 cm³/mol. The Hall–Kier alpha value is -0.960. The van der Waals surface area contributed by atoms with E-state index in [-0.39, 0.29) is 5.56 Å². The van der Waals surface area contributed by atoms with Crippen molar-refractivity contribution >= 4 is 0 Å². The molecule has 2 rings (SSSR count). The van der Waals surface area contributed by atoms with Crippen LogP contribution in [0.1, 0.15) is 37.3 Å². The lowest BCUT2D eigenvalue weighted by molar-refractivity contribution is 0.307. The highest BCUT2D eigenvalue weighted by Crippen LogP contribution is 2.22. The maximum absolute atomic E-state index is 13.7. The molecule has 0 saturated carbocycles. The van der Waals surface area contributed by atoms with Gasteiger partial charge in [-0.3, -0.25) is 0 Å². The van der Waals surface area contributed by atoms with Crippen LogP contribution in [-0.2, 0) is 6.42 Å². The third kappa shape index (κ3) is 3.29. The van der Waals surface area contributed by atoms with E-state index < -0.39 is 11.6 Å². The van der Waals surface area contributed by atoms with Crippen molar-refractivity contribution in [1.82, 2.24) is 5.32 Å². The number of nitrogens with one attached hydrogen (secondary N) is 1. The lowest BCUT2D eigenvalue weighted by Gasteiger charge is -2.27. The van der Waals surface area contributed by atoms with Gasteiger partial charge in [0.1, 0.15) is 11.6 Å². The summed E-state index contributed by atoms with van der Waals surface area (Å²) in [5.41, 5.74) is 0.890. The Morgan fingerprint density at radius 1 is 1.22 bits per heavy atom. The fourth-order valence-electron chi connectivity index (χ4n) is 2.62. The largest absolute Gasteiger partial charge is 0.314 e. The van der Waals surface area contributed by atoms with Crippen LogP contribution >= 0.6 is 0 Å². The van der Waals surface area contributed by atoms with Gasteiger partial charge in [-0.2, -0.15) is 0 Å². The molecule has 0 spiro atoms. The van der Waals surface area contributed by atoms with E-state index in [1.807, 2.05) is 0 Å². The van der Waals surface area contributed by atoms with Gasteiger partial charge in [0, 0.05) is 11.6 Å². The van der Waals surface area contributed by atoms with Crippen molar-refractivity contribution in [3.05, 3.63) is 34.9 Å². The third-order valence-electron chi connectivity index (χ3n) is 3.85. The molecule has 0 aliphatic carbocycles. The first kappa shape index (κ1) is 13.5. The maximum atomic E-state index is 13.7. The van der Waals surface area contributed by atoms with Crippen molar-refractivity contribution in [3.8, 4) is 0 Å². The van der Waals surface area contributed by atoms with Gasteiger partial charge in [-0.25, -0.2) is 8.78 Å². The number of piperidine rings is 1. The summed E-state index contributed by atoms with van der Waals surface area (Å²) in [4.78, 5) is 0. The van der Waals surface area contributed by atoms with Crippen molar-refractivity contribution in [3.63, 3.8) is 0 Å². The quantitative estimate of drug-likeness (QED) is 0.868. The van der Waals surface area contributed by atoms with Gasteiger partial charge in [-0.1, -0.05) is 0 Å². The molecule has 1 aromatic carbocycles. The fourth-order valence-corrected chi connectivity index (χ4v) is 2.62. The van der Waals surface area contributed by atoms with Crippen molar-refractivity contribution in [1.29, 1.82) is 0 Å². The Labute approximate surface area is 108 Å². The average molecular weight is 253 g/mol. The van der Waals surface area contributed by atoms with Crippen molar-refractivity contribution in [2.24, 2.45) is 5.92 Å². The molecule has 0 aromatic heterocycles. The highest BCUT2D eigenvalue weighted by molar-refractivity contribution is 5.25. The van der Waals surface area contributed by atoms with Gasteiger partial charge in [0.05, 0.1) is 0 Å². The summed E-state index contributed by atoms with van der Waals surface area (Å²) < 4.78 is 27.3. The molecule has 2 unspecified atom stereocenters. The molecule has 1 fully saturated rings. The Balaban J connectivity index is 1.94. The second-order valence-electron chi connectivity index (χ2n) is 5.50. The highest BCUT2D eigenvalue weighted by atomic mass is 19.1. The van der Waals surface area contributed by atoms with Crippen molar-refractivity contribution < 1.29 is 8.78 Å². The Morgan fingerprint density at radius 2 is 1.89 bits per heavy atom. The van der Waals surface area contributed by atoms with Crippen molar-refractivity contribution in [2.75, 3.05) is 6.54 Å². The summed E-state index contributed by atoms with van der Waals surface area (Å²) >= 11 is 0. The number of benzene rings is 1. The lowest BCUT2D eigenvalue weighted by atomic mass is 9.90. The molecule has 1 aromatic rings. The summed E-state index contributed by atoms with van der Waals surface area (Å²) in [5.74, 6) is -0.254. The molecule has 1 aliphatic heterocycles. The molecule has 0 radical (unpaired) electrons. The normalized spacial score (nSPS) is 24.2. The van der Waals surface area contributed by atoms with Gasteiger partial charge in [0.15, 0.2) is 0 Å². The Kier molecular flexibility index (Phi) is 4.33. The van der Waals surface area contributed by atoms with Crippen LogP contribution in [0.25, 0.3) is 0 Å². The maximum Gasteiger partial charge on any atom is 0.129 e. The fraction of sp³-hybridized carbons (Fsp3) is 0.600. The Morgan fingerprint density at radius 3 is 2.44 bits per heavy atom. The lowest BCUT2D eigenvalue weighted by Crippen LogP contribution is -2.37. The van der Waals surface area contributed by atoms with E-state index in [4.69, 9.17) is 0 Å². The summed E-state index contributed by atoms with van der Waals surface area (Å²) in [6, 6.07) is 3.41. The first-order valence-electron chi connectivity index (χ1n) is 6.74. The summed E-state index contributed by atoms with van der Waals surface area (Å²) in [6.45, 7) is 4.86. The second kappa shape index (κ2) is 5.79. The van der Waals surface area contributed by atoms with E-state index in [2.05, 4.69) is 12.2 Å². The predicted octanol–water partition coefficient (Wildman–Crippen LogP) is 3.59. The van der Waals surface area contributed by atoms with Crippen LogP contribution in [0, 0.1) is 24.5 Å². The zero-order valence-electron chi connectivity index (χ0n) is 11.1.